The molecule has 2 aromatic rings. The topological polar surface area (TPSA) is 152 Å². The summed E-state index contributed by atoms with van der Waals surface area (Å²) in [6, 6.07) is 11.8. The predicted molar refractivity (Wildman–Crippen MR) is 109 cm³/mol. The summed E-state index contributed by atoms with van der Waals surface area (Å²) in [5, 5.41) is -0.345. The average molecular weight is 462 g/mol. The van der Waals surface area contributed by atoms with E-state index in [1.165, 1.54) is 36.4 Å². The minimum absolute atomic E-state index is 0.110. The summed E-state index contributed by atoms with van der Waals surface area (Å²) in [6.45, 7) is 1.15. The van der Waals surface area contributed by atoms with E-state index in [0.29, 0.717) is 0 Å². The third-order valence-electron chi connectivity index (χ3n) is 3.70. The molecule has 0 bridgehead atoms. The molecule has 0 radical (unpaired) electrons. The molecular weight excluding hydrogens is 438 g/mol. The number of hydrogen-bond acceptors (Lipinski definition) is 6. The summed E-state index contributed by atoms with van der Waals surface area (Å²) in [6.07, 6.45) is 0. The van der Waals surface area contributed by atoms with Gasteiger partial charge in [-0.25, -0.2) is 0 Å². The molecule has 30 heavy (non-hydrogen) atoms. The molecule has 0 heterocycles. The van der Waals surface area contributed by atoms with Gasteiger partial charge in [0.1, 0.15) is 35.3 Å². The maximum Gasteiger partial charge on any atom is 0.359 e. The van der Waals surface area contributed by atoms with E-state index >= 15 is 0 Å². The van der Waals surface area contributed by atoms with Crippen molar-refractivity contribution in [1.29, 1.82) is 0 Å². The fourth-order valence-electron chi connectivity index (χ4n) is 2.38. The summed E-state index contributed by atoms with van der Waals surface area (Å²) in [7, 11) is -8.82. The Bertz CT molecular complexity index is 819. The highest BCUT2D eigenvalue weighted by Gasteiger charge is 2.22. The van der Waals surface area contributed by atoms with E-state index < -0.39 is 15.2 Å². The van der Waals surface area contributed by atoms with Crippen LogP contribution in [0.3, 0.4) is 0 Å². The normalized spacial score (nSPS) is 12.0. The van der Waals surface area contributed by atoms with Gasteiger partial charge in [-0.05, 0) is 24.3 Å². The zero-order chi connectivity index (χ0) is 22.0. The molecule has 0 saturated heterocycles. The van der Waals surface area contributed by atoms with Gasteiger partial charge in [-0.1, -0.05) is 24.3 Å². The Hall–Kier alpha value is -1.74. The van der Waals surface area contributed by atoms with Crippen LogP contribution >= 0.6 is 15.2 Å². The molecule has 0 saturated carbocycles. The van der Waals surface area contributed by atoms with Gasteiger partial charge in [0.2, 0.25) is 0 Å². The number of benzene rings is 2. The van der Waals surface area contributed by atoms with Crippen LogP contribution in [0.15, 0.2) is 48.5 Å². The van der Waals surface area contributed by atoms with Crippen LogP contribution in [0.25, 0.3) is 0 Å². The molecule has 166 valence electrons. The van der Waals surface area contributed by atoms with Gasteiger partial charge < -0.3 is 38.5 Å². The minimum Gasteiger partial charge on any atom is -0.490 e. The molecule has 0 amide bonds. The molecule has 0 aromatic heterocycles. The lowest BCUT2D eigenvalue weighted by Crippen LogP contribution is -2.16. The van der Waals surface area contributed by atoms with Crippen molar-refractivity contribution < 1.29 is 47.7 Å². The summed E-state index contributed by atoms with van der Waals surface area (Å²) in [5.74, 6) is 0.219. The smallest absolute Gasteiger partial charge is 0.359 e. The second-order valence-electron chi connectivity index (χ2n) is 5.95. The monoisotopic (exact) mass is 462 g/mol. The van der Waals surface area contributed by atoms with Crippen LogP contribution in [0, 0.1) is 0 Å². The number of hydrogen-bond donors (Lipinski definition) is 4. The Kier molecular flexibility index (Phi) is 9.48. The average Bonchev–Trinajstić information content (AvgIpc) is 2.68. The van der Waals surface area contributed by atoms with Gasteiger partial charge in [0.15, 0.2) is 0 Å². The Labute approximate surface area is 173 Å². The first-order chi connectivity index (χ1) is 14.2. The minimum atomic E-state index is -4.41. The van der Waals surface area contributed by atoms with E-state index in [-0.39, 0.29) is 61.7 Å². The quantitative estimate of drug-likeness (QED) is 0.248. The summed E-state index contributed by atoms with van der Waals surface area (Å²) >= 11 is 0. The van der Waals surface area contributed by atoms with E-state index in [1.807, 2.05) is 0 Å². The largest absolute Gasteiger partial charge is 0.490 e. The Balaban J connectivity index is 1.58. The number of rotatable bonds is 13. The summed E-state index contributed by atoms with van der Waals surface area (Å²) < 4.78 is 44.1. The second-order valence-corrected chi connectivity index (χ2v) is 9.08. The lowest BCUT2D eigenvalue weighted by Gasteiger charge is -2.13. The molecule has 0 unspecified atom stereocenters. The van der Waals surface area contributed by atoms with Crippen LogP contribution in [0.2, 0.25) is 0 Å². The lowest BCUT2D eigenvalue weighted by atomic mass is 10.3. The van der Waals surface area contributed by atoms with Gasteiger partial charge in [0, 0.05) is 0 Å². The predicted octanol–water partition coefficient (Wildman–Crippen LogP) is 0.784. The van der Waals surface area contributed by atoms with Crippen molar-refractivity contribution in [2.45, 2.75) is 0 Å². The molecule has 2 rings (SSSR count). The molecule has 0 atom stereocenters. The SMILES string of the molecule is O=P(O)(O)c1ccccc1OCCOCCOCCOc1ccccc1P(=O)(O)O. The Morgan fingerprint density at radius 3 is 1.27 bits per heavy atom. The fraction of sp³-hybridized carbons (Fsp3) is 0.333. The molecular formula is C18H24O10P2. The van der Waals surface area contributed by atoms with Crippen molar-refractivity contribution in [2.24, 2.45) is 0 Å². The van der Waals surface area contributed by atoms with Crippen molar-refractivity contribution in [3.05, 3.63) is 48.5 Å². The molecule has 0 fully saturated rings. The van der Waals surface area contributed by atoms with Crippen molar-refractivity contribution in [1.82, 2.24) is 0 Å². The number of ether oxygens (including phenoxy) is 4. The van der Waals surface area contributed by atoms with Crippen LogP contribution in [0.1, 0.15) is 0 Å². The fourth-order valence-corrected chi connectivity index (χ4v) is 3.80. The van der Waals surface area contributed by atoms with Gasteiger partial charge in [-0.3, -0.25) is 9.13 Å². The highest BCUT2D eigenvalue weighted by molar-refractivity contribution is 7.60. The van der Waals surface area contributed by atoms with E-state index in [1.54, 1.807) is 12.1 Å². The van der Waals surface area contributed by atoms with Crippen molar-refractivity contribution in [3.8, 4) is 11.5 Å². The van der Waals surface area contributed by atoms with Gasteiger partial charge in [0.05, 0.1) is 26.4 Å². The first-order valence-corrected chi connectivity index (χ1v) is 12.1. The lowest BCUT2D eigenvalue weighted by molar-refractivity contribution is 0.0275. The Morgan fingerprint density at radius 2 is 0.900 bits per heavy atom. The second kappa shape index (κ2) is 11.6. The molecule has 4 N–H and O–H groups in total. The zero-order valence-corrected chi connectivity index (χ0v) is 17.8. The highest BCUT2D eigenvalue weighted by atomic mass is 31.2. The van der Waals surface area contributed by atoms with Crippen LogP contribution in [0.4, 0.5) is 0 Å². The van der Waals surface area contributed by atoms with Crippen LogP contribution < -0.4 is 20.1 Å². The maximum atomic E-state index is 11.4. The third kappa shape index (κ3) is 8.18. The Morgan fingerprint density at radius 1 is 0.567 bits per heavy atom. The maximum absolute atomic E-state index is 11.4. The summed E-state index contributed by atoms with van der Waals surface area (Å²) in [5.41, 5.74) is 0. The first kappa shape index (κ1) is 24.5. The molecule has 0 aliphatic carbocycles. The molecule has 12 heteroatoms. The number of para-hydroxylation sites is 2. The van der Waals surface area contributed by atoms with Gasteiger partial charge in [-0.2, -0.15) is 0 Å². The van der Waals surface area contributed by atoms with Crippen LogP contribution in [-0.4, -0.2) is 59.2 Å². The van der Waals surface area contributed by atoms with E-state index in [2.05, 4.69) is 0 Å². The standard InChI is InChI=1S/C18H24O10P2/c19-29(20,21)17-7-3-1-5-15(17)27-13-11-25-9-10-26-12-14-28-16-6-2-4-8-18(16)30(22,23)24/h1-8H,9-14H2,(H2,19,20,21)(H2,22,23,24). The third-order valence-corrected chi connectivity index (χ3v) is 5.69. The summed E-state index contributed by atoms with van der Waals surface area (Å²) in [4.78, 5) is 37.1. The molecule has 0 aliphatic rings. The van der Waals surface area contributed by atoms with Crippen molar-refractivity contribution in [2.75, 3.05) is 39.6 Å². The van der Waals surface area contributed by atoms with Crippen molar-refractivity contribution >= 4 is 25.8 Å². The van der Waals surface area contributed by atoms with Gasteiger partial charge in [-0.15, -0.1) is 0 Å². The first-order valence-electron chi connectivity index (χ1n) is 8.91. The zero-order valence-electron chi connectivity index (χ0n) is 16.0. The van der Waals surface area contributed by atoms with Gasteiger partial charge >= 0.3 is 15.2 Å². The van der Waals surface area contributed by atoms with Crippen molar-refractivity contribution in [3.63, 3.8) is 0 Å². The van der Waals surface area contributed by atoms with E-state index in [0.717, 1.165) is 0 Å². The van der Waals surface area contributed by atoms with Crippen LogP contribution in [-0.2, 0) is 18.6 Å². The molecule has 10 nitrogen and oxygen atoms in total. The molecule has 0 spiro atoms. The van der Waals surface area contributed by atoms with Crippen LogP contribution in [0.5, 0.6) is 11.5 Å². The van der Waals surface area contributed by atoms with E-state index in [9.17, 15) is 28.7 Å². The van der Waals surface area contributed by atoms with Gasteiger partial charge in [0.25, 0.3) is 0 Å². The molecule has 0 aliphatic heterocycles. The van der Waals surface area contributed by atoms with E-state index in [4.69, 9.17) is 18.9 Å². The molecule has 2 aromatic carbocycles. The highest BCUT2D eigenvalue weighted by Crippen LogP contribution is 2.37.